The van der Waals surface area contributed by atoms with E-state index in [-0.39, 0.29) is 30.3 Å². The van der Waals surface area contributed by atoms with Gasteiger partial charge in [-0.1, -0.05) is 0 Å². The van der Waals surface area contributed by atoms with E-state index < -0.39 is 17.5 Å². The van der Waals surface area contributed by atoms with Crippen LogP contribution in [0.3, 0.4) is 0 Å². The molecule has 1 aromatic heterocycles. The third-order valence-corrected chi connectivity index (χ3v) is 5.86. The van der Waals surface area contributed by atoms with E-state index in [0.717, 1.165) is 0 Å². The van der Waals surface area contributed by atoms with E-state index in [9.17, 15) is 14.7 Å². The van der Waals surface area contributed by atoms with Gasteiger partial charge in [-0.3, -0.25) is 4.79 Å². The highest BCUT2D eigenvalue weighted by Gasteiger charge is 2.30. The van der Waals surface area contributed by atoms with Crippen LogP contribution in [0.4, 0.5) is 5.69 Å². The molecule has 11 heteroatoms. The van der Waals surface area contributed by atoms with Gasteiger partial charge in [0.2, 0.25) is 24.2 Å². The number of nitrogens with one attached hydrogen (secondary N) is 1. The average molecular weight is 513 g/mol. The van der Waals surface area contributed by atoms with Crippen LogP contribution < -0.4 is 39.4 Å². The fourth-order valence-electron chi connectivity index (χ4n) is 4.21. The number of benzene rings is 2. The monoisotopic (exact) mass is 513 g/mol. The number of fused-ring (bicyclic) bond motifs is 1. The maximum atomic E-state index is 13.3. The van der Waals surface area contributed by atoms with Crippen molar-refractivity contribution in [1.82, 2.24) is 0 Å². The second-order valence-corrected chi connectivity index (χ2v) is 8.12. The van der Waals surface area contributed by atoms with Gasteiger partial charge in [0.25, 0.3) is 0 Å². The molecule has 0 radical (unpaired) electrons. The first-order chi connectivity index (χ1) is 17.8. The Kier molecular flexibility index (Phi) is 7.32. The Balaban J connectivity index is 1.74. The van der Waals surface area contributed by atoms with Gasteiger partial charge in [0.15, 0.2) is 23.0 Å². The van der Waals surface area contributed by atoms with E-state index >= 15 is 0 Å². The van der Waals surface area contributed by atoms with Crippen molar-refractivity contribution in [3.05, 3.63) is 57.6 Å². The topological polar surface area (TPSA) is 135 Å². The summed E-state index contributed by atoms with van der Waals surface area (Å²) >= 11 is 0. The SMILES string of the molecule is COc1cc(NC(=O)C[C@H](c2cc(OC)c3c(c2)OCO3)c2c(O)cc(C)oc2=O)cc(OC)c1OC. The van der Waals surface area contributed by atoms with Crippen molar-refractivity contribution in [2.24, 2.45) is 0 Å². The Morgan fingerprint density at radius 1 is 0.973 bits per heavy atom. The van der Waals surface area contributed by atoms with Crippen molar-refractivity contribution in [2.45, 2.75) is 19.3 Å². The number of carbonyl (C=O) groups is 1. The molecule has 0 bridgehead atoms. The second-order valence-electron chi connectivity index (χ2n) is 8.12. The van der Waals surface area contributed by atoms with Crippen molar-refractivity contribution in [3.8, 4) is 40.2 Å². The summed E-state index contributed by atoms with van der Waals surface area (Å²) < 4.78 is 37.7. The third kappa shape index (κ3) is 5.06. The number of carbonyl (C=O) groups excluding carboxylic acids is 1. The van der Waals surface area contributed by atoms with Gasteiger partial charge in [0, 0.05) is 36.2 Å². The van der Waals surface area contributed by atoms with Crippen LogP contribution in [-0.4, -0.2) is 46.2 Å². The summed E-state index contributed by atoms with van der Waals surface area (Å²) in [5, 5.41) is 13.5. The molecule has 1 aliphatic heterocycles. The normalized spacial score (nSPS) is 12.6. The van der Waals surface area contributed by atoms with Crippen LogP contribution in [0, 0.1) is 6.92 Å². The van der Waals surface area contributed by atoms with Crippen LogP contribution >= 0.6 is 0 Å². The van der Waals surface area contributed by atoms with Crippen molar-refractivity contribution in [1.29, 1.82) is 0 Å². The van der Waals surface area contributed by atoms with E-state index in [1.54, 1.807) is 31.2 Å². The lowest BCUT2D eigenvalue weighted by Gasteiger charge is -2.20. The fraction of sp³-hybridized carbons (Fsp3) is 0.308. The number of hydrogen-bond acceptors (Lipinski definition) is 10. The average Bonchev–Trinajstić information content (AvgIpc) is 3.35. The number of ether oxygens (including phenoxy) is 6. The molecule has 2 aromatic carbocycles. The largest absolute Gasteiger partial charge is 0.507 e. The lowest BCUT2D eigenvalue weighted by molar-refractivity contribution is -0.116. The predicted octanol–water partition coefficient (Wildman–Crippen LogP) is 3.58. The van der Waals surface area contributed by atoms with Gasteiger partial charge in [0.05, 0.1) is 34.0 Å². The van der Waals surface area contributed by atoms with Gasteiger partial charge in [-0.2, -0.15) is 0 Å². The number of amides is 1. The molecule has 2 N–H and O–H groups in total. The molecule has 3 aromatic rings. The first-order valence-corrected chi connectivity index (χ1v) is 11.2. The van der Waals surface area contributed by atoms with Crippen molar-refractivity contribution in [3.63, 3.8) is 0 Å². The molecule has 2 heterocycles. The number of aromatic hydroxyl groups is 1. The van der Waals surface area contributed by atoms with Gasteiger partial charge in [0.1, 0.15) is 11.5 Å². The minimum Gasteiger partial charge on any atom is -0.507 e. The Labute approximate surface area is 212 Å². The maximum Gasteiger partial charge on any atom is 0.343 e. The van der Waals surface area contributed by atoms with E-state index in [1.165, 1.54) is 34.5 Å². The van der Waals surface area contributed by atoms with E-state index in [1.807, 2.05) is 0 Å². The lowest BCUT2D eigenvalue weighted by Crippen LogP contribution is -2.21. The summed E-state index contributed by atoms with van der Waals surface area (Å²) in [4.78, 5) is 26.1. The molecule has 1 atom stereocenters. The molecule has 0 saturated heterocycles. The fourth-order valence-corrected chi connectivity index (χ4v) is 4.21. The van der Waals surface area contributed by atoms with Crippen LogP contribution in [0.1, 0.15) is 29.2 Å². The Bertz CT molecular complexity index is 1360. The molecule has 37 heavy (non-hydrogen) atoms. The van der Waals surface area contributed by atoms with Gasteiger partial charge in [-0.05, 0) is 24.6 Å². The van der Waals surface area contributed by atoms with E-state index in [4.69, 9.17) is 32.8 Å². The van der Waals surface area contributed by atoms with Crippen LogP contribution in [-0.2, 0) is 4.79 Å². The van der Waals surface area contributed by atoms with Crippen molar-refractivity contribution >= 4 is 11.6 Å². The zero-order valence-corrected chi connectivity index (χ0v) is 21.0. The highest BCUT2D eigenvalue weighted by molar-refractivity contribution is 5.92. The molecule has 196 valence electrons. The molecule has 0 spiro atoms. The zero-order chi connectivity index (χ0) is 26.7. The molecule has 0 fully saturated rings. The number of hydrogen-bond donors (Lipinski definition) is 2. The Hall–Kier alpha value is -4.54. The highest BCUT2D eigenvalue weighted by atomic mass is 16.7. The number of aryl methyl sites for hydroxylation is 1. The maximum absolute atomic E-state index is 13.3. The van der Waals surface area contributed by atoms with Gasteiger partial charge >= 0.3 is 5.63 Å². The molecule has 1 amide bonds. The van der Waals surface area contributed by atoms with Gasteiger partial charge < -0.3 is 43.3 Å². The zero-order valence-electron chi connectivity index (χ0n) is 21.0. The number of methoxy groups -OCH3 is 4. The first-order valence-electron chi connectivity index (χ1n) is 11.2. The molecule has 11 nitrogen and oxygen atoms in total. The van der Waals surface area contributed by atoms with Crippen LogP contribution in [0.25, 0.3) is 0 Å². The summed E-state index contributed by atoms with van der Waals surface area (Å²) in [7, 11) is 5.87. The van der Waals surface area contributed by atoms with Crippen LogP contribution in [0.5, 0.6) is 40.2 Å². The molecule has 0 saturated carbocycles. The minimum absolute atomic E-state index is 0.000639. The molecule has 1 aliphatic rings. The van der Waals surface area contributed by atoms with Crippen LogP contribution in [0.15, 0.2) is 39.5 Å². The lowest BCUT2D eigenvalue weighted by atomic mass is 9.88. The van der Waals surface area contributed by atoms with E-state index in [0.29, 0.717) is 45.7 Å². The Morgan fingerprint density at radius 2 is 1.65 bits per heavy atom. The number of anilines is 1. The second kappa shape index (κ2) is 10.6. The van der Waals surface area contributed by atoms with Crippen LogP contribution in [0.2, 0.25) is 0 Å². The smallest absolute Gasteiger partial charge is 0.343 e. The summed E-state index contributed by atoms with van der Waals surface area (Å²) in [6, 6.07) is 7.75. The molecule has 0 unspecified atom stereocenters. The Morgan fingerprint density at radius 3 is 2.24 bits per heavy atom. The predicted molar refractivity (Wildman–Crippen MR) is 132 cm³/mol. The van der Waals surface area contributed by atoms with Crippen molar-refractivity contribution in [2.75, 3.05) is 40.5 Å². The standard InChI is InChI=1S/C26H27NO10/c1-13-6-17(28)23(26(30)37-13)16(14-7-18(31-2)25-21(8-14)35-12-36-25)11-22(29)27-15-9-19(32-3)24(34-5)20(10-15)33-4/h6-10,16,28H,11-12H2,1-5H3,(H,27,29)/t16-/m1/s1. The summed E-state index contributed by atoms with van der Waals surface area (Å²) in [6.45, 7) is 1.54. The highest BCUT2D eigenvalue weighted by Crippen LogP contribution is 2.45. The summed E-state index contributed by atoms with van der Waals surface area (Å²) in [5.41, 5.74) is 0.0144. The first kappa shape index (κ1) is 25.5. The minimum atomic E-state index is -0.915. The quantitative estimate of drug-likeness (QED) is 0.437. The third-order valence-electron chi connectivity index (χ3n) is 5.86. The molecule has 0 aliphatic carbocycles. The van der Waals surface area contributed by atoms with Gasteiger partial charge in [-0.25, -0.2) is 4.79 Å². The number of rotatable bonds is 9. The summed E-state index contributed by atoms with van der Waals surface area (Å²) in [6.07, 6.45) is -0.235. The van der Waals surface area contributed by atoms with E-state index in [2.05, 4.69) is 5.32 Å². The van der Waals surface area contributed by atoms with Crippen molar-refractivity contribution < 1.29 is 42.7 Å². The molecular formula is C26H27NO10. The van der Waals surface area contributed by atoms with Gasteiger partial charge in [-0.15, -0.1) is 0 Å². The molecular weight excluding hydrogens is 486 g/mol. The summed E-state index contributed by atoms with van der Waals surface area (Å²) in [5.74, 6) is 0.791. The molecule has 4 rings (SSSR count).